The first-order valence-electron chi connectivity index (χ1n) is 10.8. The molecule has 4 aromatic carbocycles. The van der Waals surface area contributed by atoms with Gasteiger partial charge in [-0.25, -0.2) is 10.9 Å². The number of carbonyl (C=O) groups is 2. The second-order valence-electron chi connectivity index (χ2n) is 7.71. The molecule has 0 unspecified atom stereocenters. The van der Waals surface area contributed by atoms with Crippen molar-refractivity contribution in [1.29, 1.82) is 0 Å². The van der Waals surface area contributed by atoms with Crippen molar-refractivity contribution in [1.82, 2.24) is 10.9 Å². The lowest BCUT2D eigenvalue weighted by Gasteiger charge is -2.04. The number of benzene rings is 4. The van der Waals surface area contributed by atoms with Crippen molar-refractivity contribution < 1.29 is 19.1 Å². The first-order chi connectivity index (χ1) is 17.0. The standard InChI is InChI=1S/C27H24N4O4/c1-34-24-9-7-20-11-18(3-5-22(20)13-24)16-28-30-26(32)15-27(33)31-29-17-19-4-6-23-14-25(35-2)10-8-21(23)12-19/h3-14,16-17H,15H2,1-2H3,(H,30,32)(H,31,33)/b28-16-,29-17-. The summed E-state index contributed by atoms with van der Waals surface area (Å²) >= 11 is 0. The first kappa shape index (κ1) is 23.4. The highest BCUT2D eigenvalue weighted by molar-refractivity contribution is 5.98. The van der Waals surface area contributed by atoms with Crippen LogP contribution in [0.15, 0.2) is 83.0 Å². The Morgan fingerprint density at radius 3 is 1.49 bits per heavy atom. The van der Waals surface area contributed by atoms with Crippen molar-refractivity contribution in [3.63, 3.8) is 0 Å². The summed E-state index contributed by atoms with van der Waals surface area (Å²) in [6.07, 6.45) is 2.64. The van der Waals surface area contributed by atoms with Crippen LogP contribution in [-0.4, -0.2) is 38.5 Å². The minimum absolute atomic E-state index is 0.399. The van der Waals surface area contributed by atoms with Crippen molar-refractivity contribution in [3.8, 4) is 11.5 Å². The Labute approximate surface area is 202 Å². The molecule has 0 heterocycles. The van der Waals surface area contributed by atoms with Gasteiger partial charge in [0.15, 0.2) is 0 Å². The fraction of sp³-hybridized carbons (Fsp3) is 0.111. The van der Waals surface area contributed by atoms with Crippen molar-refractivity contribution in [2.45, 2.75) is 6.42 Å². The number of fused-ring (bicyclic) bond motifs is 2. The van der Waals surface area contributed by atoms with E-state index in [4.69, 9.17) is 9.47 Å². The van der Waals surface area contributed by atoms with E-state index in [0.29, 0.717) is 0 Å². The highest BCUT2D eigenvalue weighted by Crippen LogP contribution is 2.22. The summed E-state index contributed by atoms with van der Waals surface area (Å²) in [6, 6.07) is 23.1. The second-order valence-corrected chi connectivity index (χ2v) is 7.71. The molecule has 176 valence electrons. The third kappa shape index (κ3) is 6.20. The van der Waals surface area contributed by atoms with E-state index >= 15 is 0 Å². The van der Waals surface area contributed by atoms with Crippen molar-refractivity contribution in [2.24, 2.45) is 10.2 Å². The van der Waals surface area contributed by atoms with Crippen molar-refractivity contribution in [2.75, 3.05) is 14.2 Å². The van der Waals surface area contributed by atoms with Crippen LogP contribution in [0.2, 0.25) is 0 Å². The number of hydrogen-bond donors (Lipinski definition) is 2. The number of nitrogens with zero attached hydrogens (tertiary/aromatic N) is 2. The molecule has 35 heavy (non-hydrogen) atoms. The zero-order valence-corrected chi connectivity index (χ0v) is 19.3. The highest BCUT2D eigenvalue weighted by Gasteiger charge is 2.07. The van der Waals surface area contributed by atoms with Crippen LogP contribution in [0.25, 0.3) is 21.5 Å². The molecule has 0 aliphatic carbocycles. The third-order valence-electron chi connectivity index (χ3n) is 5.27. The molecule has 8 nitrogen and oxygen atoms in total. The Hall–Kier alpha value is -4.72. The average molecular weight is 469 g/mol. The van der Waals surface area contributed by atoms with Gasteiger partial charge in [0, 0.05) is 0 Å². The van der Waals surface area contributed by atoms with Crippen LogP contribution < -0.4 is 20.3 Å². The monoisotopic (exact) mass is 468 g/mol. The van der Waals surface area contributed by atoms with E-state index in [0.717, 1.165) is 44.2 Å². The molecule has 0 bridgehead atoms. The smallest absolute Gasteiger partial charge is 0.249 e. The molecule has 0 atom stereocenters. The summed E-state index contributed by atoms with van der Waals surface area (Å²) in [4.78, 5) is 24.0. The van der Waals surface area contributed by atoms with Crippen molar-refractivity contribution >= 4 is 45.8 Å². The molecule has 0 fully saturated rings. The van der Waals surface area contributed by atoms with Gasteiger partial charge >= 0.3 is 0 Å². The molecular weight excluding hydrogens is 444 g/mol. The van der Waals surface area contributed by atoms with E-state index in [1.807, 2.05) is 72.8 Å². The van der Waals surface area contributed by atoms with E-state index in [1.165, 1.54) is 12.4 Å². The maximum Gasteiger partial charge on any atom is 0.249 e. The largest absolute Gasteiger partial charge is 0.497 e. The number of hydrazone groups is 2. The van der Waals surface area contributed by atoms with Gasteiger partial charge in [0.05, 0.1) is 26.6 Å². The van der Waals surface area contributed by atoms with E-state index in [9.17, 15) is 9.59 Å². The minimum Gasteiger partial charge on any atom is -0.497 e. The van der Waals surface area contributed by atoms with Crippen LogP contribution in [0.1, 0.15) is 17.5 Å². The summed E-state index contributed by atoms with van der Waals surface area (Å²) in [5, 5.41) is 12.0. The highest BCUT2D eigenvalue weighted by atomic mass is 16.5. The van der Waals surface area contributed by atoms with Gasteiger partial charge in [-0.05, 0) is 69.1 Å². The van der Waals surface area contributed by atoms with E-state index in [-0.39, 0.29) is 0 Å². The molecule has 0 aliphatic rings. The minimum atomic E-state index is -0.542. The molecule has 0 aliphatic heterocycles. The van der Waals surface area contributed by atoms with Crippen molar-refractivity contribution in [3.05, 3.63) is 83.9 Å². The maximum atomic E-state index is 12.0. The Morgan fingerprint density at radius 2 is 1.06 bits per heavy atom. The average Bonchev–Trinajstić information content (AvgIpc) is 2.87. The summed E-state index contributed by atoms with van der Waals surface area (Å²) in [5.74, 6) is 0.484. The van der Waals surface area contributed by atoms with Gasteiger partial charge in [-0.2, -0.15) is 10.2 Å². The van der Waals surface area contributed by atoms with E-state index in [2.05, 4.69) is 21.1 Å². The van der Waals surface area contributed by atoms with Crippen LogP contribution in [0, 0.1) is 0 Å². The quantitative estimate of drug-likeness (QED) is 0.232. The summed E-state index contributed by atoms with van der Waals surface area (Å²) < 4.78 is 10.5. The predicted molar refractivity (Wildman–Crippen MR) is 137 cm³/mol. The Morgan fingerprint density at radius 1 is 0.657 bits per heavy atom. The number of amides is 2. The first-order valence-corrected chi connectivity index (χ1v) is 10.8. The normalized spacial score (nSPS) is 11.3. The second kappa shape index (κ2) is 10.9. The summed E-state index contributed by atoms with van der Waals surface area (Å²) in [6.45, 7) is 0. The summed E-state index contributed by atoms with van der Waals surface area (Å²) in [7, 11) is 3.25. The summed E-state index contributed by atoms with van der Waals surface area (Å²) in [5.41, 5.74) is 6.33. The van der Waals surface area contributed by atoms with Crippen LogP contribution >= 0.6 is 0 Å². The van der Waals surface area contributed by atoms with Crippen LogP contribution in [0.5, 0.6) is 11.5 Å². The molecule has 2 amide bonds. The topological polar surface area (TPSA) is 101 Å². The lowest BCUT2D eigenvalue weighted by Crippen LogP contribution is -2.27. The Kier molecular flexibility index (Phi) is 7.32. The van der Waals surface area contributed by atoms with Gasteiger partial charge in [-0.1, -0.05) is 36.4 Å². The third-order valence-corrected chi connectivity index (χ3v) is 5.27. The zero-order chi connectivity index (χ0) is 24.6. The fourth-order valence-electron chi connectivity index (χ4n) is 3.48. The number of hydrogen-bond acceptors (Lipinski definition) is 6. The Bertz CT molecular complexity index is 1340. The molecule has 0 radical (unpaired) electrons. The molecule has 0 saturated carbocycles. The number of rotatable bonds is 8. The van der Waals surface area contributed by atoms with E-state index in [1.54, 1.807) is 14.2 Å². The molecule has 0 saturated heterocycles. The lowest BCUT2D eigenvalue weighted by atomic mass is 10.1. The van der Waals surface area contributed by atoms with Gasteiger partial charge < -0.3 is 9.47 Å². The number of methoxy groups -OCH3 is 2. The number of nitrogens with one attached hydrogen (secondary N) is 2. The molecule has 2 N–H and O–H groups in total. The predicted octanol–water partition coefficient (Wildman–Crippen LogP) is 4.00. The molecular formula is C27H24N4O4. The van der Waals surface area contributed by atoms with Gasteiger partial charge in [0.25, 0.3) is 0 Å². The molecule has 4 aromatic rings. The Balaban J connectivity index is 1.26. The van der Waals surface area contributed by atoms with E-state index < -0.39 is 18.2 Å². The van der Waals surface area contributed by atoms with Gasteiger partial charge in [0.2, 0.25) is 11.8 Å². The van der Waals surface area contributed by atoms with Crippen LogP contribution in [0.3, 0.4) is 0 Å². The van der Waals surface area contributed by atoms with Gasteiger partial charge in [-0.15, -0.1) is 0 Å². The molecule has 8 heteroatoms. The SMILES string of the molecule is COc1ccc2cc(/C=N\NC(=O)CC(=O)N/N=C\c3ccc4cc(OC)ccc4c3)ccc2c1. The fourth-order valence-corrected chi connectivity index (χ4v) is 3.48. The lowest BCUT2D eigenvalue weighted by molar-refractivity contribution is -0.129. The number of carbonyl (C=O) groups excluding carboxylic acids is 2. The zero-order valence-electron chi connectivity index (χ0n) is 19.3. The van der Waals surface area contributed by atoms with Crippen LogP contribution in [-0.2, 0) is 9.59 Å². The van der Waals surface area contributed by atoms with Gasteiger partial charge in [0.1, 0.15) is 17.9 Å². The molecule has 4 rings (SSSR count). The van der Waals surface area contributed by atoms with Crippen LogP contribution in [0.4, 0.5) is 0 Å². The maximum absolute atomic E-state index is 12.0. The van der Waals surface area contributed by atoms with Gasteiger partial charge in [-0.3, -0.25) is 9.59 Å². The number of ether oxygens (including phenoxy) is 2. The molecule has 0 spiro atoms. The molecule has 0 aromatic heterocycles.